The molecular weight excluding hydrogens is 362 g/mol. The second-order valence-corrected chi connectivity index (χ2v) is 8.54. The van der Waals surface area contributed by atoms with Gasteiger partial charge in [-0.1, -0.05) is 12.1 Å². The van der Waals surface area contributed by atoms with Gasteiger partial charge in [0.05, 0.1) is 0 Å². The highest BCUT2D eigenvalue weighted by Crippen LogP contribution is 2.28. The molecule has 2 heterocycles. The van der Waals surface area contributed by atoms with E-state index in [1.807, 2.05) is 19.9 Å². The molecule has 0 radical (unpaired) electrons. The molecule has 1 unspecified atom stereocenters. The molecule has 2 aliphatic rings. The average molecular weight is 394 g/mol. The van der Waals surface area contributed by atoms with Crippen molar-refractivity contribution in [3.8, 4) is 0 Å². The molecule has 0 spiro atoms. The molecule has 0 bridgehead atoms. The molecule has 1 saturated carbocycles. The summed E-state index contributed by atoms with van der Waals surface area (Å²) >= 11 is 0. The summed E-state index contributed by atoms with van der Waals surface area (Å²) in [6.45, 7) is 6.05. The first kappa shape index (κ1) is 19.7. The Kier molecular flexibility index (Phi) is 5.97. The molecule has 1 amide bonds. The van der Waals surface area contributed by atoms with Crippen LogP contribution in [0.2, 0.25) is 0 Å². The van der Waals surface area contributed by atoms with E-state index in [1.54, 1.807) is 6.33 Å². The second-order valence-electron chi connectivity index (χ2n) is 8.54. The van der Waals surface area contributed by atoms with Gasteiger partial charge < -0.3 is 15.5 Å². The number of rotatable bonds is 7. The van der Waals surface area contributed by atoms with Crippen LogP contribution in [0.5, 0.6) is 0 Å². The number of nitrogens with zero attached hydrogens (tertiary/aromatic N) is 3. The molecule has 1 aliphatic heterocycles. The summed E-state index contributed by atoms with van der Waals surface area (Å²) in [5.41, 5.74) is 3.19. The predicted octanol–water partition coefficient (Wildman–Crippen LogP) is 4.30. The lowest BCUT2D eigenvalue weighted by Crippen LogP contribution is -2.36. The van der Waals surface area contributed by atoms with Crippen molar-refractivity contribution in [1.82, 2.24) is 9.97 Å². The highest BCUT2D eigenvalue weighted by molar-refractivity contribution is 5.91. The van der Waals surface area contributed by atoms with Gasteiger partial charge in [0, 0.05) is 37.3 Å². The summed E-state index contributed by atoms with van der Waals surface area (Å²) in [5.74, 6) is 2.54. The van der Waals surface area contributed by atoms with Gasteiger partial charge in [-0.3, -0.25) is 4.79 Å². The van der Waals surface area contributed by atoms with E-state index in [0.717, 1.165) is 54.4 Å². The summed E-state index contributed by atoms with van der Waals surface area (Å²) < 4.78 is 0. The number of benzene rings is 1. The predicted molar refractivity (Wildman–Crippen MR) is 117 cm³/mol. The molecule has 1 aromatic carbocycles. The normalized spacial score (nSPS) is 19.1. The van der Waals surface area contributed by atoms with Gasteiger partial charge in [0.1, 0.15) is 18.0 Å². The van der Waals surface area contributed by atoms with Crippen molar-refractivity contribution in [3.05, 3.63) is 41.7 Å². The molecule has 1 aromatic heterocycles. The number of piperidine rings is 1. The van der Waals surface area contributed by atoms with Crippen LogP contribution in [0.25, 0.3) is 0 Å². The fraction of sp³-hybridized carbons (Fsp3) is 0.522. The van der Waals surface area contributed by atoms with E-state index in [9.17, 15) is 4.79 Å². The summed E-state index contributed by atoms with van der Waals surface area (Å²) in [7, 11) is 0. The van der Waals surface area contributed by atoms with E-state index in [-0.39, 0.29) is 5.91 Å². The Morgan fingerprint density at radius 2 is 2.03 bits per heavy atom. The SMILES string of the molecule is Cc1ccc(C)c(NC(=O)CCC2CCCN(c3cc(NC4CC4)ncn3)C2)c1. The number of hydrogen-bond donors (Lipinski definition) is 2. The first-order chi connectivity index (χ1) is 14.1. The quantitative estimate of drug-likeness (QED) is 0.734. The van der Waals surface area contributed by atoms with Crippen molar-refractivity contribution in [2.24, 2.45) is 5.92 Å². The van der Waals surface area contributed by atoms with E-state index in [1.165, 1.54) is 19.3 Å². The molecule has 1 atom stereocenters. The van der Waals surface area contributed by atoms with E-state index < -0.39 is 0 Å². The van der Waals surface area contributed by atoms with Gasteiger partial charge >= 0.3 is 0 Å². The standard InChI is InChI=1S/C23H31N5O/c1-16-5-6-17(2)20(12-16)27-23(29)10-7-18-4-3-11-28(14-18)22-13-21(24-15-25-22)26-19-8-9-19/h5-6,12-13,15,18-19H,3-4,7-11,14H2,1-2H3,(H,27,29)(H,24,25,26). The number of aryl methyl sites for hydroxylation is 2. The van der Waals surface area contributed by atoms with Crippen LogP contribution < -0.4 is 15.5 Å². The maximum Gasteiger partial charge on any atom is 0.224 e. The Bertz CT molecular complexity index is 864. The number of carbonyl (C=O) groups excluding carboxylic acids is 1. The van der Waals surface area contributed by atoms with Crippen LogP contribution in [-0.4, -0.2) is 35.0 Å². The van der Waals surface area contributed by atoms with Crippen LogP contribution in [0.3, 0.4) is 0 Å². The largest absolute Gasteiger partial charge is 0.367 e. The van der Waals surface area contributed by atoms with Crippen LogP contribution in [0, 0.1) is 19.8 Å². The van der Waals surface area contributed by atoms with Gasteiger partial charge in [0.15, 0.2) is 0 Å². The van der Waals surface area contributed by atoms with Gasteiger partial charge in [0.25, 0.3) is 0 Å². The Labute approximate surface area is 173 Å². The maximum atomic E-state index is 12.5. The number of amides is 1. The van der Waals surface area contributed by atoms with Crippen LogP contribution in [0.15, 0.2) is 30.6 Å². The van der Waals surface area contributed by atoms with Crippen molar-refractivity contribution in [1.29, 1.82) is 0 Å². The molecule has 6 nitrogen and oxygen atoms in total. The van der Waals surface area contributed by atoms with Crippen molar-refractivity contribution in [3.63, 3.8) is 0 Å². The van der Waals surface area contributed by atoms with E-state index in [0.29, 0.717) is 18.4 Å². The molecule has 1 aliphatic carbocycles. The number of hydrogen-bond acceptors (Lipinski definition) is 5. The molecule has 6 heteroatoms. The molecule has 4 rings (SSSR count). The maximum absolute atomic E-state index is 12.5. The average Bonchev–Trinajstić information content (AvgIpc) is 3.54. The molecule has 2 aromatic rings. The zero-order chi connectivity index (χ0) is 20.2. The Balaban J connectivity index is 1.29. The first-order valence-electron chi connectivity index (χ1n) is 10.8. The minimum absolute atomic E-state index is 0.105. The third kappa shape index (κ3) is 5.46. The van der Waals surface area contributed by atoms with Gasteiger partial charge in [0.2, 0.25) is 5.91 Å². The zero-order valence-corrected chi connectivity index (χ0v) is 17.4. The van der Waals surface area contributed by atoms with E-state index >= 15 is 0 Å². The van der Waals surface area contributed by atoms with Crippen molar-refractivity contribution in [2.45, 2.75) is 58.4 Å². The second kappa shape index (κ2) is 8.80. The minimum atomic E-state index is 0.105. The van der Waals surface area contributed by atoms with E-state index in [2.05, 4.69) is 43.7 Å². The van der Waals surface area contributed by atoms with Crippen LogP contribution >= 0.6 is 0 Å². The summed E-state index contributed by atoms with van der Waals surface area (Å²) in [5, 5.41) is 6.53. The van der Waals surface area contributed by atoms with Crippen molar-refractivity contribution in [2.75, 3.05) is 28.6 Å². The monoisotopic (exact) mass is 393 g/mol. The molecule has 154 valence electrons. The Morgan fingerprint density at radius 1 is 1.17 bits per heavy atom. The van der Waals surface area contributed by atoms with Gasteiger partial charge in [-0.2, -0.15) is 0 Å². The van der Waals surface area contributed by atoms with Gasteiger partial charge in [-0.25, -0.2) is 9.97 Å². The highest BCUT2D eigenvalue weighted by atomic mass is 16.1. The lowest BCUT2D eigenvalue weighted by molar-refractivity contribution is -0.116. The zero-order valence-electron chi connectivity index (χ0n) is 17.4. The molecular formula is C23H31N5O. The molecule has 29 heavy (non-hydrogen) atoms. The Morgan fingerprint density at radius 3 is 2.86 bits per heavy atom. The molecule has 1 saturated heterocycles. The molecule has 2 fully saturated rings. The molecule has 2 N–H and O–H groups in total. The Hall–Kier alpha value is -2.63. The number of nitrogens with one attached hydrogen (secondary N) is 2. The number of aromatic nitrogens is 2. The summed E-state index contributed by atoms with van der Waals surface area (Å²) in [4.78, 5) is 23.6. The van der Waals surface area contributed by atoms with Gasteiger partial charge in [-0.05, 0) is 69.1 Å². The summed E-state index contributed by atoms with van der Waals surface area (Å²) in [6, 6.07) is 8.81. The minimum Gasteiger partial charge on any atom is -0.367 e. The third-order valence-corrected chi connectivity index (χ3v) is 5.87. The fourth-order valence-corrected chi connectivity index (χ4v) is 3.96. The number of carbonyl (C=O) groups is 1. The van der Waals surface area contributed by atoms with Gasteiger partial charge in [-0.15, -0.1) is 0 Å². The summed E-state index contributed by atoms with van der Waals surface area (Å²) in [6.07, 6.45) is 7.89. The van der Waals surface area contributed by atoms with Crippen molar-refractivity contribution >= 4 is 23.2 Å². The van der Waals surface area contributed by atoms with E-state index in [4.69, 9.17) is 0 Å². The fourth-order valence-electron chi connectivity index (χ4n) is 3.96. The van der Waals surface area contributed by atoms with Crippen molar-refractivity contribution < 1.29 is 4.79 Å². The third-order valence-electron chi connectivity index (χ3n) is 5.87. The lowest BCUT2D eigenvalue weighted by atomic mass is 9.93. The highest BCUT2D eigenvalue weighted by Gasteiger charge is 2.24. The van der Waals surface area contributed by atoms with Crippen LogP contribution in [0.1, 0.15) is 49.7 Å². The van der Waals surface area contributed by atoms with Crippen LogP contribution in [-0.2, 0) is 4.79 Å². The smallest absolute Gasteiger partial charge is 0.224 e. The number of anilines is 3. The lowest BCUT2D eigenvalue weighted by Gasteiger charge is -2.33. The first-order valence-corrected chi connectivity index (χ1v) is 10.8. The van der Waals surface area contributed by atoms with Crippen LogP contribution in [0.4, 0.5) is 17.3 Å². The topological polar surface area (TPSA) is 70.2 Å².